The summed E-state index contributed by atoms with van der Waals surface area (Å²) >= 11 is 0. The van der Waals surface area contributed by atoms with E-state index in [2.05, 4.69) is 6.92 Å². The molecule has 76 valence electrons. The number of aldehydes is 1. The van der Waals surface area contributed by atoms with Crippen molar-refractivity contribution in [3.8, 4) is 0 Å². The Balaban J connectivity index is 2.44. The highest BCUT2D eigenvalue weighted by Gasteiger charge is 2.34. The first-order valence-electron chi connectivity index (χ1n) is 4.98. The number of hydrogen-bond acceptors (Lipinski definition) is 3. The van der Waals surface area contributed by atoms with Crippen molar-refractivity contribution in [3.05, 3.63) is 0 Å². The minimum atomic E-state index is -0.792. The number of carbonyl (C=O) groups is 1. The Morgan fingerprint density at radius 3 is 3.08 bits per heavy atom. The summed E-state index contributed by atoms with van der Waals surface area (Å²) in [6, 6.07) is 0. The van der Waals surface area contributed by atoms with E-state index in [1.807, 2.05) is 0 Å². The average Bonchev–Trinajstić information content (AvgIpc) is 2.04. The summed E-state index contributed by atoms with van der Waals surface area (Å²) in [5.74, 6) is 0. The van der Waals surface area contributed by atoms with Crippen LogP contribution in [0.5, 0.6) is 0 Å². The van der Waals surface area contributed by atoms with E-state index in [0.29, 0.717) is 19.4 Å². The highest BCUT2D eigenvalue weighted by molar-refractivity contribution is 5.51. The molecular weight excluding hydrogens is 168 g/mol. The van der Waals surface area contributed by atoms with Gasteiger partial charge in [-0.1, -0.05) is 13.3 Å². The maximum Gasteiger partial charge on any atom is 0.122 e. The van der Waals surface area contributed by atoms with Gasteiger partial charge in [0, 0.05) is 25.9 Å². The third kappa shape index (κ3) is 3.08. The zero-order chi connectivity index (χ0) is 9.73. The summed E-state index contributed by atoms with van der Waals surface area (Å²) < 4.78 is 5.48. The molecule has 0 aliphatic carbocycles. The van der Waals surface area contributed by atoms with Gasteiger partial charge in [0.05, 0.1) is 11.7 Å². The lowest BCUT2D eigenvalue weighted by molar-refractivity contribution is -0.126. The molecule has 1 fully saturated rings. The molecule has 0 bridgehead atoms. The Kier molecular flexibility index (Phi) is 3.88. The van der Waals surface area contributed by atoms with Crippen LogP contribution in [-0.4, -0.2) is 29.7 Å². The molecular formula is C10H18O3. The molecule has 1 saturated heterocycles. The van der Waals surface area contributed by atoms with Gasteiger partial charge >= 0.3 is 0 Å². The zero-order valence-corrected chi connectivity index (χ0v) is 8.16. The lowest BCUT2D eigenvalue weighted by atomic mass is 9.86. The summed E-state index contributed by atoms with van der Waals surface area (Å²) in [4.78, 5) is 10.3. The molecule has 1 N–H and O–H groups in total. The van der Waals surface area contributed by atoms with Crippen LogP contribution in [0.25, 0.3) is 0 Å². The van der Waals surface area contributed by atoms with E-state index in [1.165, 1.54) is 0 Å². The van der Waals surface area contributed by atoms with Gasteiger partial charge in [0.25, 0.3) is 0 Å². The molecule has 0 radical (unpaired) electrons. The number of rotatable bonds is 4. The Morgan fingerprint density at radius 1 is 1.69 bits per heavy atom. The van der Waals surface area contributed by atoms with Gasteiger partial charge in [-0.2, -0.15) is 0 Å². The fraction of sp³-hybridized carbons (Fsp3) is 0.900. The molecule has 0 aromatic rings. The second-order valence-corrected chi connectivity index (χ2v) is 3.83. The van der Waals surface area contributed by atoms with Crippen molar-refractivity contribution in [1.29, 1.82) is 0 Å². The summed E-state index contributed by atoms with van der Waals surface area (Å²) in [5.41, 5.74) is -0.792. The summed E-state index contributed by atoms with van der Waals surface area (Å²) in [5, 5.41) is 9.96. The second-order valence-electron chi connectivity index (χ2n) is 3.83. The fourth-order valence-electron chi connectivity index (χ4n) is 1.85. The Morgan fingerprint density at radius 2 is 2.46 bits per heavy atom. The predicted molar refractivity (Wildman–Crippen MR) is 49.5 cm³/mol. The summed E-state index contributed by atoms with van der Waals surface area (Å²) in [7, 11) is 0. The highest BCUT2D eigenvalue weighted by atomic mass is 16.5. The van der Waals surface area contributed by atoms with E-state index in [4.69, 9.17) is 4.74 Å². The van der Waals surface area contributed by atoms with Gasteiger partial charge in [0.2, 0.25) is 0 Å². The molecule has 2 unspecified atom stereocenters. The first kappa shape index (κ1) is 10.7. The third-order valence-corrected chi connectivity index (χ3v) is 2.60. The molecule has 1 aliphatic rings. The van der Waals surface area contributed by atoms with E-state index >= 15 is 0 Å². The van der Waals surface area contributed by atoms with E-state index in [0.717, 1.165) is 19.1 Å². The number of aliphatic hydroxyl groups is 1. The Labute approximate surface area is 79.1 Å². The van der Waals surface area contributed by atoms with Crippen LogP contribution in [0.3, 0.4) is 0 Å². The van der Waals surface area contributed by atoms with Crippen molar-refractivity contribution in [2.45, 2.75) is 50.7 Å². The van der Waals surface area contributed by atoms with Crippen molar-refractivity contribution < 1.29 is 14.6 Å². The van der Waals surface area contributed by atoms with Gasteiger partial charge < -0.3 is 14.6 Å². The van der Waals surface area contributed by atoms with E-state index in [-0.39, 0.29) is 12.5 Å². The highest BCUT2D eigenvalue weighted by Crippen LogP contribution is 2.28. The lowest BCUT2D eigenvalue weighted by Crippen LogP contribution is -2.41. The first-order valence-corrected chi connectivity index (χ1v) is 4.98. The normalized spacial score (nSPS) is 34.5. The molecule has 0 spiro atoms. The van der Waals surface area contributed by atoms with Crippen molar-refractivity contribution >= 4 is 6.29 Å². The zero-order valence-electron chi connectivity index (χ0n) is 8.16. The molecule has 3 heteroatoms. The standard InChI is InChI=1S/C10H18O3/c1-2-3-9-8-10(12,4-6-11)5-7-13-9/h6,9,12H,2-5,7-8H2,1H3. The molecule has 13 heavy (non-hydrogen) atoms. The molecule has 1 aliphatic heterocycles. The molecule has 1 rings (SSSR count). The van der Waals surface area contributed by atoms with Gasteiger partial charge in [0.15, 0.2) is 0 Å². The van der Waals surface area contributed by atoms with Crippen molar-refractivity contribution in [2.75, 3.05) is 6.61 Å². The van der Waals surface area contributed by atoms with Crippen LogP contribution in [0.2, 0.25) is 0 Å². The second kappa shape index (κ2) is 4.72. The van der Waals surface area contributed by atoms with Crippen LogP contribution < -0.4 is 0 Å². The lowest BCUT2D eigenvalue weighted by Gasteiger charge is -2.35. The van der Waals surface area contributed by atoms with Crippen molar-refractivity contribution in [2.24, 2.45) is 0 Å². The molecule has 0 amide bonds. The van der Waals surface area contributed by atoms with E-state index in [1.54, 1.807) is 0 Å². The minimum Gasteiger partial charge on any atom is -0.389 e. The summed E-state index contributed by atoms with van der Waals surface area (Å²) in [6.45, 7) is 2.67. The van der Waals surface area contributed by atoms with Crippen molar-refractivity contribution in [3.63, 3.8) is 0 Å². The van der Waals surface area contributed by atoms with Gasteiger partial charge in [-0.25, -0.2) is 0 Å². The molecule has 2 atom stereocenters. The minimum absolute atomic E-state index is 0.142. The smallest absolute Gasteiger partial charge is 0.122 e. The Hall–Kier alpha value is -0.410. The number of ether oxygens (including phenoxy) is 1. The number of hydrogen-bond donors (Lipinski definition) is 1. The van der Waals surface area contributed by atoms with Crippen LogP contribution in [-0.2, 0) is 9.53 Å². The molecule has 0 aromatic heterocycles. The molecule has 0 saturated carbocycles. The molecule has 0 aromatic carbocycles. The summed E-state index contributed by atoms with van der Waals surface area (Å²) in [6.07, 6.45) is 4.42. The van der Waals surface area contributed by atoms with Gasteiger partial charge in [-0.3, -0.25) is 0 Å². The molecule has 1 heterocycles. The maximum absolute atomic E-state index is 10.3. The van der Waals surface area contributed by atoms with E-state index < -0.39 is 5.60 Å². The largest absolute Gasteiger partial charge is 0.389 e. The Bertz CT molecular complexity index is 168. The van der Waals surface area contributed by atoms with Gasteiger partial charge in [0.1, 0.15) is 6.29 Å². The van der Waals surface area contributed by atoms with Crippen LogP contribution >= 0.6 is 0 Å². The maximum atomic E-state index is 10.3. The average molecular weight is 186 g/mol. The predicted octanol–water partition coefficient (Wildman–Crippen LogP) is 1.29. The fourth-order valence-corrected chi connectivity index (χ4v) is 1.85. The monoisotopic (exact) mass is 186 g/mol. The SMILES string of the molecule is CCCC1CC(O)(CC=O)CCO1. The van der Waals surface area contributed by atoms with E-state index in [9.17, 15) is 9.90 Å². The van der Waals surface area contributed by atoms with Crippen LogP contribution in [0.4, 0.5) is 0 Å². The van der Waals surface area contributed by atoms with Crippen LogP contribution in [0.15, 0.2) is 0 Å². The number of carbonyl (C=O) groups excluding carboxylic acids is 1. The third-order valence-electron chi connectivity index (χ3n) is 2.60. The van der Waals surface area contributed by atoms with Crippen LogP contribution in [0, 0.1) is 0 Å². The van der Waals surface area contributed by atoms with Gasteiger partial charge in [-0.15, -0.1) is 0 Å². The van der Waals surface area contributed by atoms with Crippen LogP contribution in [0.1, 0.15) is 39.0 Å². The quantitative estimate of drug-likeness (QED) is 0.673. The topological polar surface area (TPSA) is 46.5 Å². The van der Waals surface area contributed by atoms with Gasteiger partial charge in [-0.05, 0) is 6.42 Å². The molecule has 3 nitrogen and oxygen atoms in total. The first-order chi connectivity index (χ1) is 6.20. The van der Waals surface area contributed by atoms with Crippen molar-refractivity contribution in [1.82, 2.24) is 0 Å².